The number of hydrogen-bond donors (Lipinski definition) is 1. The number of nitrogens with zero attached hydrogens (tertiary/aromatic N) is 1. The Labute approximate surface area is 63.0 Å². The molecule has 1 N–H and O–H groups in total. The summed E-state index contributed by atoms with van der Waals surface area (Å²) in [6, 6.07) is 0. The highest BCUT2D eigenvalue weighted by Crippen LogP contribution is 1.91. The minimum Gasteiger partial charge on any atom is -0.448 e. The SMILES string of the molecule is C/C=C(BO)\N=C/CCC. The molecular formula is C7H14BNO. The number of aliphatic imine (C=N–C) groups is 1. The first-order valence-electron chi connectivity index (χ1n) is 3.63. The van der Waals surface area contributed by atoms with Gasteiger partial charge in [-0.1, -0.05) is 19.4 Å². The Hall–Kier alpha value is -0.565. The smallest absolute Gasteiger partial charge is 0.324 e. The largest absolute Gasteiger partial charge is 0.448 e. The fourth-order valence-corrected chi connectivity index (χ4v) is 0.518. The quantitative estimate of drug-likeness (QED) is 0.458. The predicted molar refractivity (Wildman–Crippen MR) is 46.5 cm³/mol. The summed E-state index contributed by atoms with van der Waals surface area (Å²) in [5.74, 6) is 0. The molecule has 3 heteroatoms. The van der Waals surface area contributed by atoms with Crippen molar-refractivity contribution in [2.75, 3.05) is 0 Å². The lowest BCUT2D eigenvalue weighted by molar-refractivity contribution is 0.610. The Balaban J connectivity index is 3.63. The second kappa shape index (κ2) is 6.55. The van der Waals surface area contributed by atoms with Gasteiger partial charge in [0.2, 0.25) is 0 Å². The van der Waals surface area contributed by atoms with Crippen molar-refractivity contribution in [2.24, 2.45) is 4.99 Å². The van der Waals surface area contributed by atoms with Gasteiger partial charge < -0.3 is 5.02 Å². The summed E-state index contributed by atoms with van der Waals surface area (Å²) < 4.78 is 0. The zero-order valence-electron chi connectivity index (χ0n) is 6.67. The maximum absolute atomic E-state index is 8.64. The zero-order chi connectivity index (χ0) is 7.82. The second-order valence-corrected chi connectivity index (χ2v) is 2.04. The van der Waals surface area contributed by atoms with E-state index in [0.717, 1.165) is 18.4 Å². The van der Waals surface area contributed by atoms with Crippen molar-refractivity contribution >= 4 is 13.7 Å². The monoisotopic (exact) mass is 139 g/mol. The molecular weight excluding hydrogens is 125 g/mol. The van der Waals surface area contributed by atoms with Crippen LogP contribution in [0, 0.1) is 0 Å². The Kier molecular flexibility index (Phi) is 6.18. The van der Waals surface area contributed by atoms with E-state index in [9.17, 15) is 0 Å². The number of rotatable bonds is 4. The van der Waals surface area contributed by atoms with E-state index in [-0.39, 0.29) is 7.48 Å². The number of unbranched alkanes of at least 4 members (excludes halogenated alkanes) is 1. The molecule has 0 fully saturated rings. The van der Waals surface area contributed by atoms with Crippen LogP contribution < -0.4 is 0 Å². The summed E-state index contributed by atoms with van der Waals surface area (Å²) in [6.45, 7) is 3.97. The fraction of sp³-hybridized carbons (Fsp3) is 0.571. The van der Waals surface area contributed by atoms with E-state index < -0.39 is 0 Å². The van der Waals surface area contributed by atoms with Crippen molar-refractivity contribution in [1.29, 1.82) is 0 Å². The lowest BCUT2D eigenvalue weighted by Crippen LogP contribution is -1.91. The summed E-state index contributed by atoms with van der Waals surface area (Å²) in [7, 11) is 0.0384. The van der Waals surface area contributed by atoms with Crippen LogP contribution in [0.4, 0.5) is 0 Å². The molecule has 0 atom stereocenters. The molecule has 0 aromatic heterocycles. The molecule has 56 valence electrons. The highest BCUT2D eigenvalue weighted by molar-refractivity contribution is 6.36. The van der Waals surface area contributed by atoms with E-state index in [0.29, 0.717) is 0 Å². The van der Waals surface area contributed by atoms with Crippen LogP contribution in [-0.2, 0) is 0 Å². The average molecular weight is 139 g/mol. The van der Waals surface area contributed by atoms with Crippen molar-refractivity contribution in [3.63, 3.8) is 0 Å². The van der Waals surface area contributed by atoms with E-state index in [1.807, 2.05) is 19.2 Å². The predicted octanol–water partition coefficient (Wildman–Crippen LogP) is 1.06. The second-order valence-electron chi connectivity index (χ2n) is 2.04. The number of hydrogen-bond acceptors (Lipinski definition) is 2. The van der Waals surface area contributed by atoms with Crippen LogP contribution in [0.15, 0.2) is 16.7 Å². The minimum atomic E-state index is 0.0384. The minimum absolute atomic E-state index is 0.0384. The van der Waals surface area contributed by atoms with Crippen molar-refractivity contribution in [2.45, 2.75) is 26.7 Å². The fourth-order valence-electron chi connectivity index (χ4n) is 0.518. The van der Waals surface area contributed by atoms with Gasteiger partial charge in [-0.3, -0.25) is 4.99 Å². The van der Waals surface area contributed by atoms with Gasteiger partial charge in [0, 0.05) is 11.8 Å². The van der Waals surface area contributed by atoms with Crippen LogP contribution in [0.1, 0.15) is 26.7 Å². The van der Waals surface area contributed by atoms with Gasteiger partial charge >= 0.3 is 7.48 Å². The molecule has 0 aliphatic carbocycles. The van der Waals surface area contributed by atoms with E-state index in [1.165, 1.54) is 0 Å². The standard InChI is InChI=1S/C7H14BNO/c1-3-5-6-9-7(4-2)8-10/h4,6,8,10H,3,5H2,1-2H3/b7-4-,9-6-. The molecule has 0 bridgehead atoms. The van der Waals surface area contributed by atoms with Gasteiger partial charge in [-0.05, 0) is 13.3 Å². The topological polar surface area (TPSA) is 32.6 Å². The molecule has 0 aliphatic rings. The average Bonchev–Trinajstić information content (AvgIpc) is 1.99. The third-order valence-electron chi connectivity index (χ3n) is 1.17. The lowest BCUT2D eigenvalue weighted by Gasteiger charge is -1.90. The van der Waals surface area contributed by atoms with Crippen molar-refractivity contribution in [3.05, 3.63) is 11.7 Å². The molecule has 0 radical (unpaired) electrons. The van der Waals surface area contributed by atoms with Gasteiger partial charge in [0.1, 0.15) is 0 Å². The van der Waals surface area contributed by atoms with Crippen molar-refractivity contribution < 1.29 is 5.02 Å². The third kappa shape index (κ3) is 4.33. The maximum atomic E-state index is 8.64. The summed E-state index contributed by atoms with van der Waals surface area (Å²) in [4.78, 5) is 4.04. The normalized spacial score (nSPS) is 12.5. The summed E-state index contributed by atoms with van der Waals surface area (Å²) >= 11 is 0. The van der Waals surface area contributed by atoms with Gasteiger partial charge in [-0.2, -0.15) is 0 Å². The van der Waals surface area contributed by atoms with Crippen LogP contribution in [0.2, 0.25) is 0 Å². The summed E-state index contributed by atoms with van der Waals surface area (Å²) in [5, 5.41) is 8.64. The molecule has 0 rings (SSSR count). The summed E-state index contributed by atoms with van der Waals surface area (Å²) in [6.07, 6.45) is 5.74. The molecule has 0 aromatic carbocycles. The van der Waals surface area contributed by atoms with E-state index in [2.05, 4.69) is 11.9 Å². The maximum Gasteiger partial charge on any atom is 0.324 e. The Morgan fingerprint density at radius 3 is 2.80 bits per heavy atom. The lowest BCUT2D eigenvalue weighted by atomic mass is 9.96. The molecule has 0 aromatic rings. The Morgan fingerprint density at radius 2 is 2.40 bits per heavy atom. The first kappa shape index (κ1) is 9.43. The van der Waals surface area contributed by atoms with Gasteiger partial charge in [-0.15, -0.1) is 0 Å². The van der Waals surface area contributed by atoms with Crippen LogP contribution in [0.3, 0.4) is 0 Å². The molecule has 0 aliphatic heterocycles. The van der Waals surface area contributed by atoms with Gasteiger partial charge in [0.25, 0.3) is 0 Å². The molecule has 10 heavy (non-hydrogen) atoms. The number of allylic oxidation sites excluding steroid dienone is 1. The summed E-state index contributed by atoms with van der Waals surface area (Å²) in [5.41, 5.74) is 0.744. The highest BCUT2D eigenvalue weighted by Gasteiger charge is 1.88. The van der Waals surface area contributed by atoms with E-state index in [1.54, 1.807) is 0 Å². The third-order valence-corrected chi connectivity index (χ3v) is 1.17. The van der Waals surface area contributed by atoms with Crippen LogP contribution in [0.25, 0.3) is 0 Å². The van der Waals surface area contributed by atoms with E-state index >= 15 is 0 Å². The highest BCUT2D eigenvalue weighted by atomic mass is 16.2. The first-order valence-corrected chi connectivity index (χ1v) is 3.63. The van der Waals surface area contributed by atoms with Gasteiger partial charge in [-0.25, -0.2) is 0 Å². The molecule has 0 spiro atoms. The Morgan fingerprint density at radius 1 is 1.70 bits per heavy atom. The molecule has 2 nitrogen and oxygen atoms in total. The molecule has 0 heterocycles. The van der Waals surface area contributed by atoms with Crippen LogP contribution in [-0.4, -0.2) is 18.7 Å². The Bertz CT molecular complexity index is 132. The molecule has 0 unspecified atom stereocenters. The van der Waals surface area contributed by atoms with Crippen LogP contribution >= 0.6 is 0 Å². The molecule has 0 saturated heterocycles. The van der Waals surface area contributed by atoms with Gasteiger partial charge in [0.05, 0.1) is 0 Å². The van der Waals surface area contributed by atoms with E-state index in [4.69, 9.17) is 5.02 Å². The van der Waals surface area contributed by atoms with Crippen molar-refractivity contribution in [1.82, 2.24) is 0 Å². The zero-order valence-corrected chi connectivity index (χ0v) is 6.67. The van der Waals surface area contributed by atoms with Gasteiger partial charge in [0.15, 0.2) is 0 Å². The van der Waals surface area contributed by atoms with Crippen molar-refractivity contribution in [3.8, 4) is 0 Å². The molecule has 0 saturated carbocycles. The first-order chi connectivity index (χ1) is 4.85. The molecule has 0 amide bonds. The van der Waals surface area contributed by atoms with Crippen LogP contribution in [0.5, 0.6) is 0 Å².